The summed E-state index contributed by atoms with van der Waals surface area (Å²) < 4.78 is 24.0. The monoisotopic (exact) mass is 361 g/mol. The van der Waals surface area contributed by atoms with Crippen LogP contribution in [0.2, 0.25) is 0 Å². The van der Waals surface area contributed by atoms with E-state index in [1.54, 1.807) is 23.1 Å². The van der Waals surface area contributed by atoms with E-state index in [-0.39, 0.29) is 24.5 Å². The van der Waals surface area contributed by atoms with Gasteiger partial charge in [0.2, 0.25) is 0 Å². The Labute approximate surface area is 152 Å². The highest BCUT2D eigenvalue weighted by Gasteiger charge is 2.24. The van der Waals surface area contributed by atoms with Gasteiger partial charge in [-0.25, -0.2) is 9.18 Å². The summed E-state index contributed by atoms with van der Waals surface area (Å²) in [7, 11) is 0. The molecule has 0 radical (unpaired) electrons. The average molecular weight is 361 g/mol. The van der Waals surface area contributed by atoms with Gasteiger partial charge >= 0.3 is 6.03 Å². The van der Waals surface area contributed by atoms with Crippen LogP contribution in [-0.4, -0.2) is 41.9 Å². The number of hydrogen-bond donors (Lipinski definition) is 1. The van der Waals surface area contributed by atoms with Crippen molar-refractivity contribution in [2.75, 3.05) is 19.7 Å². The normalized spacial score (nSPS) is 17.3. The molecule has 2 amide bonds. The van der Waals surface area contributed by atoms with Crippen LogP contribution in [0, 0.1) is 5.82 Å². The minimum Gasteiger partial charge on any atom is -0.376 e. The lowest BCUT2D eigenvalue weighted by atomic mass is 10.1. The molecule has 0 bridgehead atoms. The maximum atomic E-state index is 13.0. The van der Waals surface area contributed by atoms with Gasteiger partial charge in [0.15, 0.2) is 5.76 Å². The van der Waals surface area contributed by atoms with Gasteiger partial charge in [0, 0.05) is 31.3 Å². The van der Waals surface area contributed by atoms with E-state index in [4.69, 9.17) is 9.26 Å². The topological polar surface area (TPSA) is 67.6 Å². The van der Waals surface area contributed by atoms with E-state index in [1.807, 2.05) is 0 Å². The summed E-state index contributed by atoms with van der Waals surface area (Å²) in [6, 6.07) is 7.64. The molecule has 0 aliphatic carbocycles. The van der Waals surface area contributed by atoms with Gasteiger partial charge in [0.1, 0.15) is 11.5 Å². The molecule has 1 aromatic heterocycles. The largest absolute Gasteiger partial charge is 0.376 e. The Bertz CT molecular complexity index is 717. The summed E-state index contributed by atoms with van der Waals surface area (Å²) in [5.74, 6) is 0.251. The standard InChI is InChI=1S/C19H24FN3O3/c1-2-10-25-16-4-3-9-23(13-16)19(24)21-12-17-11-18(22-26-17)14-5-7-15(20)8-6-14/h5-8,11,16H,2-4,9-10,12-13H2,1H3,(H,21,24). The van der Waals surface area contributed by atoms with Crippen LogP contribution in [0.4, 0.5) is 9.18 Å². The SMILES string of the molecule is CCCOC1CCCN(C(=O)NCc2cc(-c3ccc(F)cc3)no2)C1. The number of amides is 2. The molecule has 1 saturated heterocycles. The van der Waals surface area contributed by atoms with Gasteiger partial charge in [-0.2, -0.15) is 0 Å². The highest BCUT2D eigenvalue weighted by atomic mass is 19.1. The molecule has 1 unspecified atom stereocenters. The molecule has 2 aromatic rings. The van der Waals surface area contributed by atoms with Gasteiger partial charge in [0.05, 0.1) is 12.6 Å². The van der Waals surface area contributed by atoms with Gasteiger partial charge in [-0.1, -0.05) is 12.1 Å². The van der Waals surface area contributed by atoms with Crippen molar-refractivity contribution in [3.05, 3.63) is 41.9 Å². The molecule has 1 aliphatic heterocycles. The second-order valence-electron chi connectivity index (χ2n) is 6.43. The third kappa shape index (κ3) is 4.82. The molecular formula is C19H24FN3O3. The molecule has 0 saturated carbocycles. The van der Waals surface area contributed by atoms with E-state index in [1.165, 1.54) is 12.1 Å². The molecule has 0 spiro atoms. The fourth-order valence-corrected chi connectivity index (χ4v) is 2.97. The number of piperidine rings is 1. The highest BCUT2D eigenvalue weighted by molar-refractivity contribution is 5.74. The summed E-state index contributed by atoms with van der Waals surface area (Å²) in [5.41, 5.74) is 1.37. The van der Waals surface area contributed by atoms with Crippen molar-refractivity contribution < 1.29 is 18.4 Å². The number of ether oxygens (including phenoxy) is 1. The highest BCUT2D eigenvalue weighted by Crippen LogP contribution is 2.19. The summed E-state index contributed by atoms with van der Waals surface area (Å²) >= 11 is 0. The summed E-state index contributed by atoms with van der Waals surface area (Å²) in [5, 5.41) is 6.83. The molecule has 7 heteroatoms. The number of nitrogens with zero attached hydrogens (tertiary/aromatic N) is 2. The van der Waals surface area contributed by atoms with E-state index in [0.717, 1.165) is 38.0 Å². The van der Waals surface area contributed by atoms with Crippen LogP contribution >= 0.6 is 0 Å². The lowest BCUT2D eigenvalue weighted by molar-refractivity contribution is 0.00996. The second kappa shape index (κ2) is 8.80. The molecule has 1 fully saturated rings. The molecule has 1 atom stereocenters. The van der Waals surface area contributed by atoms with Crippen LogP contribution in [0.3, 0.4) is 0 Å². The van der Waals surface area contributed by atoms with Crippen LogP contribution in [0.5, 0.6) is 0 Å². The average Bonchev–Trinajstić information content (AvgIpc) is 3.14. The number of halogens is 1. The number of rotatable bonds is 6. The van der Waals surface area contributed by atoms with Crippen LogP contribution < -0.4 is 5.32 Å². The van der Waals surface area contributed by atoms with Crippen molar-refractivity contribution in [1.82, 2.24) is 15.4 Å². The molecule has 140 valence electrons. The fourth-order valence-electron chi connectivity index (χ4n) is 2.97. The first-order chi connectivity index (χ1) is 12.7. The number of likely N-dealkylation sites (tertiary alicyclic amines) is 1. The minimum atomic E-state index is -0.299. The van der Waals surface area contributed by atoms with E-state index in [0.29, 0.717) is 18.0 Å². The fraction of sp³-hybridized carbons (Fsp3) is 0.474. The third-order valence-corrected chi connectivity index (χ3v) is 4.34. The zero-order valence-corrected chi connectivity index (χ0v) is 14.9. The van der Waals surface area contributed by atoms with Crippen LogP contribution in [0.1, 0.15) is 31.9 Å². The van der Waals surface area contributed by atoms with Crippen LogP contribution in [0.15, 0.2) is 34.9 Å². The van der Waals surface area contributed by atoms with Crippen molar-refractivity contribution >= 4 is 6.03 Å². The Morgan fingerprint density at radius 1 is 1.42 bits per heavy atom. The second-order valence-corrected chi connectivity index (χ2v) is 6.43. The Balaban J connectivity index is 1.51. The molecule has 6 nitrogen and oxygen atoms in total. The molecule has 3 rings (SSSR count). The van der Waals surface area contributed by atoms with Crippen molar-refractivity contribution in [2.45, 2.75) is 38.8 Å². The van der Waals surface area contributed by atoms with E-state index >= 15 is 0 Å². The number of urea groups is 1. The summed E-state index contributed by atoms with van der Waals surface area (Å²) in [4.78, 5) is 14.1. The smallest absolute Gasteiger partial charge is 0.317 e. The first-order valence-electron chi connectivity index (χ1n) is 9.01. The zero-order chi connectivity index (χ0) is 18.4. The first-order valence-corrected chi connectivity index (χ1v) is 9.01. The maximum absolute atomic E-state index is 13.0. The van der Waals surface area contributed by atoms with Crippen LogP contribution in [-0.2, 0) is 11.3 Å². The number of nitrogens with one attached hydrogen (secondary N) is 1. The van der Waals surface area contributed by atoms with Crippen molar-refractivity contribution in [3.63, 3.8) is 0 Å². The number of carbonyl (C=O) groups excluding carboxylic acids is 1. The van der Waals surface area contributed by atoms with E-state index < -0.39 is 0 Å². The number of carbonyl (C=O) groups is 1. The first kappa shape index (κ1) is 18.4. The lowest BCUT2D eigenvalue weighted by Gasteiger charge is -2.32. The molecule has 2 heterocycles. The van der Waals surface area contributed by atoms with Crippen LogP contribution in [0.25, 0.3) is 11.3 Å². The predicted molar refractivity (Wildman–Crippen MR) is 95.0 cm³/mol. The predicted octanol–water partition coefficient (Wildman–Crippen LogP) is 3.58. The molecule has 1 N–H and O–H groups in total. The molecule has 26 heavy (non-hydrogen) atoms. The third-order valence-electron chi connectivity index (χ3n) is 4.34. The van der Waals surface area contributed by atoms with Gasteiger partial charge in [-0.3, -0.25) is 0 Å². The van der Waals surface area contributed by atoms with E-state index in [9.17, 15) is 9.18 Å². The number of hydrogen-bond acceptors (Lipinski definition) is 4. The van der Waals surface area contributed by atoms with Crippen molar-refractivity contribution in [1.29, 1.82) is 0 Å². The van der Waals surface area contributed by atoms with E-state index in [2.05, 4.69) is 17.4 Å². The maximum Gasteiger partial charge on any atom is 0.317 e. The molecule has 1 aromatic carbocycles. The quantitative estimate of drug-likeness (QED) is 0.854. The van der Waals surface area contributed by atoms with Gasteiger partial charge < -0.3 is 19.5 Å². The number of benzene rings is 1. The molecule has 1 aliphatic rings. The minimum absolute atomic E-state index is 0.116. The lowest BCUT2D eigenvalue weighted by Crippen LogP contribution is -2.47. The van der Waals surface area contributed by atoms with Gasteiger partial charge in [0.25, 0.3) is 0 Å². The Morgan fingerprint density at radius 2 is 2.23 bits per heavy atom. The zero-order valence-electron chi connectivity index (χ0n) is 14.9. The Kier molecular flexibility index (Phi) is 6.22. The van der Waals surface area contributed by atoms with Gasteiger partial charge in [-0.15, -0.1) is 0 Å². The number of aromatic nitrogens is 1. The summed E-state index contributed by atoms with van der Waals surface area (Å²) in [6.07, 6.45) is 3.03. The van der Waals surface area contributed by atoms with Crippen molar-refractivity contribution in [2.24, 2.45) is 0 Å². The Morgan fingerprint density at radius 3 is 3.00 bits per heavy atom. The van der Waals surface area contributed by atoms with Gasteiger partial charge in [-0.05, 0) is 43.5 Å². The molecular weight excluding hydrogens is 337 g/mol. The summed E-state index contributed by atoms with van der Waals surface area (Å²) in [6.45, 7) is 4.40. The Hall–Kier alpha value is -2.41. The van der Waals surface area contributed by atoms with Crippen molar-refractivity contribution in [3.8, 4) is 11.3 Å².